The third kappa shape index (κ3) is 3.32. The summed E-state index contributed by atoms with van der Waals surface area (Å²) < 4.78 is 64.8. The fourth-order valence-corrected chi connectivity index (χ4v) is 4.71. The van der Waals surface area contributed by atoms with Crippen LogP contribution in [-0.2, 0) is 12.7 Å². The fraction of sp³-hybridized carbons (Fsp3) is 0.562. The lowest BCUT2D eigenvalue weighted by Crippen LogP contribution is -2.57. The molecule has 0 aromatic carbocycles. The molecule has 14 heteroatoms. The number of nitrogens with zero attached hydrogens (tertiary/aromatic N) is 8. The summed E-state index contributed by atoms with van der Waals surface area (Å²) in [5.41, 5.74) is 0.668. The van der Waals surface area contributed by atoms with E-state index in [0.29, 0.717) is 54.5 Å². The molecule has 0 amide bonds. The van der Waals surface area contributed by atoms with Crippen molar-refractivity contribution in [2.75, 3.05) is 36.0 Å². The van der Waals surface area contributed by atoms with Crippen LogP contribution in [0.15, 0.2) is 12.4 Å². The van der Waals surface area contributed by atoms with Crippen molar-refractivity contribution < 1.29 is 22.0 Å². The average molecular weight is 446 g/mol. The maximum atomic E-state index is 12.7. The predicted octanol–water partition coefficient (Wildman–Crippen LogP) is 2.68. The van der Waals surface area contributed by atoms with E-state index in [1.165, 1.54) is 6.20 Å². The molecule has 160 valence electrons. The van der Waals surface area contributed by atoms with Gasteiger partial charge in [0, 0.05) is 31.6 Å². The van der Waals surface area contributed by atoms with E-state index < -0.39 is 24.2 Å². The second-order valence-corrected chi connectivity index (χ2v) is 8.53. The Kier molecular flexibility index (Phi) is 4.31. The van der Waals surface area contributed by atoms with Crippen molar-refractivity contribution in [1.29, 1.82) is 0 Å². The molecular formula is C16H15F5N8S. The summed E-state index contributed by atoms with van der Waals surface area (Å²) in [4.78, 5) is 12.6. The smallest absolute Gasteiger partial charge is 0.355 e. The highest BCUT2D eigenvalue weighted by Crippen LogP contribution is 2.44. The van der Waals surface area contributed by atoms with Crippen molar-refractivity contribution in [3.05, 3.63) is 17.4 Å². The van der Waals surface area contributed by atoms with Crippen LogP contribution in [0, 0.1) is 5.41 Å². The molecule has 0 unspecified atom stereocenters. The first-order chi connectivity index (χ1) is 14.2. The molecule has 8 nitrogen and oxygen atoms in total. The van der Waals surface area contributed by atoms with Gasteiger partial charge in [0.05, 0.1) is 12.4 Å². The second kappa shape index (κ2) is 6.68. The average Bonchev–Trinajstić information content (AvgIpc) is 3.37. The number of fused-ring (bicyclic) bond motifs is 1. The van der Waals surface area contributed by atoms with Gasteiger partial charge in [0.1, 0.15) is 17.9 Å². The van der Waals surface area contributed by atoms with E-state index in [9.17, 15) is 22.0 Å². The number of halogens is 5. The van der Waals surface area contributed by atoms with Crippen molar-refractivity contribution in [2.24, 2.45) is 5.41 Å². The maximum absolute atomic E-state index is 12.7. The Morgan fingerprint density at radius 2 is 1.87 bits per heavy atom. The minimum atomic E-state index is -4.49. The molecule has 0 N–H and O–H groups in total. The Bertz CT molecular complexity index is 1070. The molecule has 30 heavy (non-hydrogen) atoms. The van der Waals surface area contributed by atoms with Gasteiger partial charge in [-0.3, -0.25) is 0 Å². The summed E-state index contributed by atoms with van der Waals surface area (Å²) in [5.74, 6) is 0.573. The summed E-state index contributed by atoms with van der Waals surface area (Å²) in [7, 11) is 0. The van der Waals surface area contributed by atoms with Gasteiger partial charge in [-0.05, 0) is 6.42 Å². The minimum Gasteiger partial charge on any atom is -0.355 e. The fourth-order valence-electron chi connectivity index (χ4n) is 4.00. The molecule has 3 aromatic heterocycles. The number of hydrogen-bond acceptors (Lipinski definition) is 8. The number of alkyl halides is 5. The SMILES string of the molecule is FC(F)Cn1ncc2ncc(N3CCC4(C3)CN(c3nnc(C(F)(F)F)s3)C4)nc21. The molecule has 0 atom stereocenters. The van der Waals surface area contributed by atoms with E-state index >= 15 is 0 Å². The predicted molar refractivity (Wildman–Crippen MR) is 97.7 cm³/mol. The first-order valence-electron chi connectivity index (χ1n) is 9.10. The second-order valence-electron chi connectivity index (χ2n) is 7.57. The molecule has 2 saturated heterocycles. The highest BCUT2D eigenvalue weighted by Gasteiger charge is 2.49. The van der Waals surface area contributed by atoms with Gasteiger partial charge in [-0.15, -0.1) is 10.2 Å². The molecule has 3 aromatic rings. The zero-order valence-corrected chi connectivity index (χ0v) is 16.2. The van der Waals surface area contributed by atoms with Crippen molar-refractivity contribution in [1.82, 2.24) is 29.9 Å². The lowest BCUT2D eigenvalue weighted by molar-refractivity contribution is -0.138. The first kappa shape index (κ1) is 19.3. The third-order valence-corrected chi connectivity index (χ3v) is 6.41. The Hall–Kier alpha value is -2.64. The van der Waals surface area contributed by atoms with E-state index in [1.54, 1.807) is 11.1 Å². The van der Waals surface area contributed by atoms with Crippen LogP contribution in [0.25, 0.3) is 11.2 Å². The monoisotopic (exact) mass is 446 g/mol. The van der Waals surface area contributed by atoms with E-state index in [1.807, 2.05) is 4.90 Å². The van der Waals surface area contributed by atoms with Crippen molar-refractivity contribution in [2.45, 2.75) is 25.6 Å². The molecule has 0 radical (unpaired) electrons. The van der Waals surface area contributed by atoms with Crippen LogP contribution >= 0.6 is 11.3 Å². The Morgan fingerprint density at radius 3 is 2.57 bits per heavy atom. The Labute approximate surface area is 170 Å². The first-order valence-corrected chi connectivity index (χ1v) is 9.91. The van der Waals surface area contributed by atoms with Crippen LogP contribution in [0.1, 0.15) is 11.4 Å². The summed E-state index contributed by atoms with van der Waals surface area (Å²) in [5, 5.41) is 10.1. The molecular weight excluding hydrogens is 431 g/mol. The number of aromatic nitrogens is 6. The Morgan fingerprint density at radius 1 is 1.10 bits per heavy atom. The summed E-state index contributed by atoms with van der Waals surface area (Å²) in [6, 6.07) is 0. The highest BCUT2D eigenvalue weighted by molar-refractivity contribution is 7.15. The molecule has 0 aliphatic carbocycles. The van der Waals surface area contributed by atoms with Crippen LogP contribution in [0.2, 0.25) is 0 Å². The van der Waals surface area contributed by atoms with Crippen molar-refractivity contribution >= 4 is 33.5 Å². The van der Waals surface area contributed by atoms with Crippen LogP contribution in [-0.4, -0.2) is 62.6 Å². The Balaban J connectivity index is 1.28. The molecule has 0 saturated carbocycles. The van der Waals surface area contributed by atoms with Gasteiger partial charge in [-0.1, -0.05) is 11.3 Å². The lowest BCUT2D eigenvalue weighted by Gasteiger charge is -2.47. The quantitative estimate of drug-likeness (QED) is 0.571. The van der Waals surface area contributed by atoms with E-state index in [2.05, 4.69) is 25.3 Å². The topological polar surface area (TPSA) is 75.9 Å². The molecule has 2 fully saturated rings. The zero-order chi connectivity index (χ0) is 21.1. The number of anilines is 2. The largest absolute Gasteiger partial charge is 0.445 e. The maximum Gasteiger partial charge on any atom is 0.445 e. The van der Waals surface area contributed by atoms with Crippen LogP contribution in [0.5, 0.6) is 0 Å². The number of hydrogen-bond donors (Lipinski definition) is 0. The molecule has 2 aliphatic rings. The number of rotatable bonds is 4. The van der Waals surface area contributed by atoms with Gasteiger partial charge in [0.15, 0.2) is 5.65 Å². The third-order valence-electron chi connectivity index (χ3n) is 5.39. The van der Waals surface area contributed by atoms with E-state index in [-0.39, 0.29) is 10.5 Å². The van der Waals surface area contributed by atoms with E-state index in [4.69, 9.17) is 0 Å². The van der Waals surface area contributed by atoms with Gasteiger partial charge in [-0.25, -0.2) is 23.4 Å². The zero-order valence-electron chi connectivity index (χ0n) is 15.4. The van der Waals surface area contributed by atoms with Crippen LogP contribution < -0.4 is 9.80 Å². The van der Waals surface area contributed by atoms with E-state index in [0.717, 1.165) is 11.1 Å². The van der Waals surface area contributed by atoms with Gasteiger partial charge in [0.25, 0.3) is 6.43 Å². The van der Waals surface area contributed by atoms with Gasteiger partial charge in [-0.2, -0.15) is 18.3 Å². The van der Waals surface area contributed by atoms with Crippen molar-refractivity contribution in [3.63, 3.8) is 0 Å². The summed E-state index contributed by atoms with van der Waals surface area (Å²) >= 11 is 0.544. The standard InChI is InChI=1S/C16H15F5N8S/c17-10(18)5-29-12-9(3-23-29)22-4-11(24-12)27-2-1-15(6-27)7-28(8-15)14-26-25-13(30-14)16(19,20)21/h3-4,10H,1-2,5-8H2. The normalized spacial score (nSPS) is 18.7. The van der Waals surface area contributed by atoms with Crippen molar-refractivity contribution in [3.8, 4) is 0 Å². The molecule has 5 rings (SSSR count). The highest BCUT2D eigenvalue weighted by atomic mass is 32.1. The van der Waals surface area contributed by atoms with Crippen LogP contribution in [0.3, 0.4) is 0 Å². The van der Waals surface area contributed by atoms with Gasteiger partial charge < -0.3 is 9.80 Å². The summed E-state index contributed by atoms with van der Waals surface area (Å²) in [6.07, 6.45) is -3.21. The lowest BCUT2D eigenvalue weighted by atomic mass is 9.79. The molecule has 0 bridgehead atoms. The van der Waals surface area contributed by atoms with Gasteiger partial charge >= 0.3 is 6.18 Å². The minimum absolute atomic E-state index is 0.0794. The molecule has 5 heterocycles. The molecule has 1 spiro atoms. The van der Waals surface area contributed by atoms with Crippen LogP contribution in [0.4, 0.5) is 32.9 Å². The molecule has 2 aliphatic heterocycles. The summed E-state index contributed by atoms with van der Waals surface area (Å²) in [6.45, 7) is 1.95. The van der Waals surface area contributed by atoms with Gasteiger partial charge in [0.2, 0.25) is 10.1 Å².